The molecule has 0 spiro atoms. The monoisotopic (exact) mass is 477 g/mol. The molecule has 3 rings (SSSR count). The van der Waals surface area contributed by atoms with E-state index in [9.17, 15) is 17.6 Å². The third-order valence-electron chi connectivity index (χ3n) is 5.34. The fourth-order valence-corrected chi connectivity index (χ4v) is 4.90. The molecule has 1 heterocycles. The number of hydrogen-bond donors (Lipinski definition) is 1. The zero-order valence-electron chi connectivity index (χ0n) is 18.7. The van der Waals surface area contributed by atoms with Crippen LogP contribution in [-0.2, 0) is 14.8 Å². The Kier molecular flexibility index (Phi) is 8.43. The van der Waals surface area contributed by atoms with Gasteiger partial charge in [-0.2, -0.15) is 4.31 Å². The van der Waals surface area contributed by atoms with E-state index in [1.807, 2.05) is 6.07 Å². The van der Waals surface area contributed by atoms with Gasteiger partial charge in [0.15, 0.2) is 11.5 Å². The number of amides is 1. The van der Waals surface area contributed by atoms with E-state index in [-0.39, 0.29) is 10.8 Å². The highest BCUT2D eigenvalue weighted by atomic mass is 32.2. The SMILES string of the molecule is COc1ccc(/C=C\C(=O)NCCN2CCN(S(=O)(=O)c3ccc(F)cc3)CC2)cc1OC. The van der Waals surface area contributed by atoms with Crippen molar-refractivity contribution in [2.45, 2.75) is 4.90 Å². The number of rotatable bonds is 9. The number of ether oxygens (including phenoxy) is 2. The number of halogens is 1. The second-order valence-corrected chi connectivity index (χ2v) is 9.38. The number of benzene rings is 2. The minimum absolute atomic E-state index is 0.0888. The van der Waals surface area contributed by atoms with E-state index < -0.39 is 15.8 Å². The molecule has 1 amide bonds. The fraction of sp³-hybridized carbons (Fsp3) is 0.348. The Hall–Kier alpha value is -2.95. The van der Waals surface area contributed by atoms with Crippen molar-refractivity contribution in [1.82, 2.24) is 14.5 Å². The molecule has 33 heavy (non-hydrogen) atoms. The van der Waals surface area contributed by atoms with Crippen LogP contribution in [0, 0.1) is 5.82 Å². The average Bonchev–Trinajstić information content (AvgIpc) is 2.83. The standard InChI is InChI=1S/C23H28FN3O5S/c1-31-21-9-3-18(17-22(21)32-2)4-10-23(28)25-11-12-26-13-15-27(16-14-26)33(29,30)20-7-5-19(24)6-8-20/h3-10,17H,11-16H2,1-2H3,(H,25,28)/b10-4-. The maximum Gasteiger partial charge on any atom is 0.244 e. The summed E-state index contributed by atoms with van der Waals surface area (Å²) in [6, 6.07) is 10.2. The molecule has 1 aliphatic heterocycles. The first-order valence-electron chi connectivity index (χ1n) is 10.5. The molecule has 1 saturated heterocycles. The van der Waals surface area contributed by atoms with Crippen molar-refractivity contribution in [2.24, 2.45) is 0 Å². The number of nitrogens with zero attached hydrogens (tertiary/aromatic N) is 2. The van der Waals surface area contributed by atoms with Crippen LogP contribution < -0.4 is 14.8 Å². The Morgan fingerprint density at radius 1 is 1.03 bits per heavy atom. The van der Waals surface area contributed by atoms with Gasteiger partial charge in [-0.15, -0.1) is 0 Å². The Morgan fingerprint density at radius 3 is 2.33 bits per heavy atom. The summed E-state index contributed by atoms with van der Waals surface area (Å²) in [6.45, 7) is 2.84. The molecule has 1 N–H and O–H groups in total. The predicted octanol–water partition coefficient (Wildman–Crippen LogP) is 1.98. The van der Waals surface area contributed by atoms with E-state index in [1.54, 1.807) is 32.4 Å². The van der Waals surface area contributed by atoms with Gasteiger partial charge in [-0.3, -0.25) is 9.69 Å². The molecule has 0 bridgehead atoms. The Labute approximate surface area is 193 Å². The third-order valence-corrected chi connectivity index (χ3v) is 7.26. The van der Waals surface area contributed by atoms with Crippen LogP contribution in [0.15, 0.2) is 53.4 Å². The van der Waals surface area contributed by atoms with Gasteiger partial charge < -0.3 is 14.8 Å². The molecular weight excluding hydrogens is 449 g/mol. The van der Waals surface area contributed by atoms with Crippen LogP contribution in [0.3, 0.4) is 0 Å². The summed E-state index contributed by atoms with van der Waals surface area (Å²) in [6.07, 6.45) is 3.14. The molecule has 2 aromatic carbocycles. The lowest BCUT2D eigenvalue weighted by Crippen LogP contribution is -2.50. The number of nitrogens with one attached hydrogen (secondary N) is 1. The third kappa shape index (κ3) is 6.53. The second-order valence-electron chi connectivity index (χ2n) is 7.44. The normalized spacial score (nSPS) is 15.5. The van der Waals surface area contributed by atoms with Gasteiger partial charge in [-0.05, 0) is 48.0 Å². The van der Waals surface area contributed by atoms with Crippen LogP contribution in [0.4, 0.5) is 4.39 Å². The molecule has 0 atom stereocenters. The van der Waals surface area contributed by atoms with Gasteiger partial charge in [0.05, 0.1) is 19.1 Å². The number of carbonyl (C=O) groups excluding carboxylic acids is 1. The van der Waals surface area contributed by atoms with Crippen molar-refractivity contribution in [3.63, 3.8) is 0 Å². The molecule has 178 valence electrons. The number of sulfonamides is 1. The van der Waals surface area contributed by atoms with Crippen molar-refractivity contribution in [1.29, 1.82) is 0 Å². The topological polar surface area (TPSA) is 88.2 Å². The second kappa shape index (κ2) is 11.3. The minimum atomic E-state index is -3.64. The quantitative estimate of drug-likeness (QED) is 0.556. The van der Waals surface area contributed by atoms with Crippen LogP contribution in [0.2, 0.25) is 0 Å². The van der Waals surface area contributed by atoms with Gasteiger partial charge in [-0.25, -0.2) is 12.8 Å². The highest BCUT2D eigenvalue weighted by Gasteiger charge is 2.28. The maximum atomic E-state index is 13.1. The summed E-state index contributed by atoms with van der Waals surface area (Å²) < 4.78 is 50.3. The highest BCUT2D eigenvalue weighted by Crippen LogP contribution is 2.27. The van der Waals surface area contributed by atoms with Crippen molar-refractivity contribution < 1.29 is 27.1 Å². The van der Waals surface area contributed by atoms with Gasteiger partial charge in [0.25, 0.3) is 0 Å². The Balaban J connectivity index is 1.42. The van der Waals surface area contributed by atoms with Crippen LogP contribution in [0.25, 0.3) is 6.08 Å². The van der Waals surface area contributed by atoms with E-state index in [1.165, 1.54) is 22.5 Å². The molecule has 1 fully saturated rings. The van der Waals surface area contributed by atoms with E-state index in [0.29, 0.717) is 50.8 Å². The van der Waals surface area contributed by atoms with E-state index in [0.717, 1.165) is 17.7 Å². The highest BCUT2D eigenvalue weighted by molar-refractivity contribution is 7.89. The van der Waals surface area contributed by atoms with E-state index in [4.69, 9.17) is 9.47 Å². The van der Waals surface area contributed by atoms with Gasteiger partial charge in [-0.1, -0.05) is 6.07 Å². The molecule has 0 radical (unpaired) electrons. The lowest BCUT2D eigenvalue weighted by Gasteiger charge is -2.33. The zero-order valence-corrected chi connectivity index (χ0v) is 19.5. The summed E-state index contributed by atoms with van der Waals surface area (Å²) in [5.41, 5.74) is 0.807. The molecule has 0 unspecified atom stereocenters. The first kappa shape index (κ1) is 24.7. The average molecular weight is 478 g/mol. The number of methoxy groups -OCH3 is 2. The van der Waals surface area contributed by atoms with Gasteiger partial charge >= 0.3 is 0 Å². The molecule has 2 aromatic rings. The molecule has 0 aliphatic carbocycles. The van der Waals surface area contributed by atoms with Crippen LogP contribution in [-0.4, -0.2) is 77.0 Å². The van der Waals surface area contributed by atoms with E-state index >= 15 is 0 Å². The molecule has 0 saturated carbocycles. The number of carbonyl (C=O) groups is 1. The van der Waals surface area contributed by atoms with Crippen molar-refractivity contribution in [2.75, 3.05) is 53.5 Å². The van der Waals surface area contributed by atoms with Crippen LogP contribution in [0.1, 0.15) is 5.56 Å². The predicted molar refractivity (Wildman–Crippen MR) is 123 cm³/mol. The van der Waals surface area contributed by atoms with Crippen molar-refractivity contribution in [3.8, 4) is 11.5 Å². The van der Waals surface area contributed by atoms with Gasteiger partial charge in [0, 0.05) is 45.3 Å². The van der Waals surface area contributed by atoms with Gasteiger partial charge in [0.2, 0.25) is 15.9 Å². The largest absolute Gasteiger partial charge is 0.493 e. The van der Waals surface area contributed by atoms with E-state index in [2.05, 4.69) is 10.2 Å². The molecule has 8 nitrogen and oxygen atoms in total. The van der Waals surface area contributed by atoms with Gasteiger partial charge in [0.1, 0.15) is 5.82 Å². The summed E-state index contributed by atoms with van der Waals surface area (Å²) >= 11 is 0. The minimum Gasteiger partial charge on any atom is -0.493 e. The Bertz CT molecular complexity index is 1080. The summed E-state index contributed by atoms with van der Waals surface area (Å²) in [5.74, 6) is 0.506. The summed E-state index contributed by atoms with van der Waals surface area (Å²) in [5, 5.41) is 2.83. The zero-order chi connectivity index (χ0) is 23.8. The van der Waals surface area contributed by atoms with Crippen molar-refractivity contribution in [3.05, 3.63) is 59.9 Å². The Morgan fingerprint density at radius 2 is 1.70 bits per heavy atom. The van der Waals surface area contributed by atoms with Crippen molar-refractivity contribution >= 4 is 22.0 Å². The van der Waals surface area contributed by atoms with Crippen LogP contribution >= 0.6 is 0 Å². The molecule has 0 aromatic heterocycles. The molecular formula is C23H28FN3O5S. The number of piperazine rings is 1. The smallest absolute Gasteiger partial charge is 0.244 e. The molecule has 10 heteroatoms. The fourth-order valence-electron chi connectivity index (χ4n) is 3.47. The summed E-state index contributed by atoms with van der Waals surface area (Å²) in [4.78, 5) is 14.3. The first-order valence-corrected chi connectivity index (χ1v) is 11.9. The lowest BCUT2D eigenvalue weighted by molar-refractivity contribution is -0.116. The summed E-state index contributed by atoms with van der Waals surface area (Å²) in [7, 11) is -0.523. The lowest BCUT2D eigenvalue weighted by atomic mass is 10.2. The number of hydrogen-bond acceptors (Lipinski definition) is 6. The van der Waals surface area contributed by atoms with Crippen LogP contribution in [0.5, 0.6) is 11.5 Å². The first-order chi connectivity index (χ1) is 15.8. The molecule has 1 aliphatic rings. The maximum absolute atomic E-state index is 13.1.